The number of carbonyl (C=O) groups is 1. The van der Waals surface area contributed by atoms with Crippen LogP contribution < -0.4 is 34.9 Å². The van der Waals surface area contributed by atoms with E-state index in [1.54, 1.807) is 24.3 Å². The Balaban J connectivity index is 0.00000225. The zero-order chi connectivity index (χ0) is 11.1. The number of nitrogens with one attached hydrogen (secondary N) is 1. The van der Waals surface area contributed by atoms with Gasteiger partial charge in [-0.2, -0.15) is 5.22 Å². The normalized spacial score (nSPS) is 9.00. The van der Waals surface area contributed by atoms with Gasteiger partial charge in [-0.25, -0.2) is 5.43 Å². The van der Waals surface area contributed by atoms with Gasteiger partial charge in [0.05, 0.1) is 0 Å². The molecule has 1 aromatic carbocycles. The van der Waals surface area contributed by atoms with E-state index >= 15 is 0 Å². The first kappa shape index (κ1) is 14.6. The molecule has 0 aromatic heterocycles. The number of hydrogen-bond donors (Lipinski definition) is 1. The van der Waals surface area contributed by atoms with E-state index in [0.29, 0.717) is 11.4 Å². The summed E-state index contributed by atoms with van der Waals surface area (Å²) in [6.45, 7) is 1.43. The monoisotopic (exact) mass is 225 g/mol. The molecule has 76 valence electrons. The Morgan fingerprint density at radius 3 is 2.56 bits per heavy atom. The topological polar surface area (TPSA) is 91.7 Å². The standard InChI is InChI=1S/C9H9N5O.Na/c1-7(15)12-8-2-4-9(5-3-8)13-14-11-6-10;/h2-5H,1H3,(H2,11,12,13,14,15);/q;+1/p-1. The van der Waals surface area contributed by atoms with Crippen LogP contribution in [0.1, 0.15) is 6.92 Å². The molecule has 1 N–H and O–H groups in total. The van der Waals surface area contributed by atoms with Crippen LogP contribution in [0.25, 0.3) is 5.43 Å². The summed E-state index contributed by atoms with van der Waals surface area (Å²) in [6, 6.07) is 6.67. The van der Waals surface area contributed by atoms with Crippen LogP contribution in [-0.2, 0) is 4.79 Å². The smallest absolute Gasteiger partial charge is 0.384 e. The maximum Gasteiger partial charge on any atom is 1.00 e. The Hall–Kier alpha value is -1.42. The van der Waals surface area contributed by atoms with Crippen LogP contribution in [0.4, 0.5) is 11.4 Å². The molecule has 0 aliphatic heterocycles. The average molecular weight is 225 g/mol. The van der Waals surface area contributed by atoms with E-state index in [1.165, 1.54) is 13.1 Å². The fourth-order valence-electron chi connectivity index (χ4n) is 0.909. The van der Waals surface area contributed by atoms with Gasteiger partial charge < -0.3 is 10.6 Å². The predicted octanol–water partition coefficient (Wildman–Crippen LogP) is -0.498. The average Bonchev–Trinajstić information content (AvgIpc) is 2.20. The van der Waals surface area contributed by atoms with Crippen LogP contribution in [0.15, 0.2) is 34.6 Å². The second-order valence-electron chi connectivity index (χ2n) is 2.62. The van der Waals surface area contributed by atoms with Crippen molar-refractivity contribution in [1.29, 1.82) is 5.26 Å². The summed E-state index contributed by atoms with van der Waals surface area (Å²) in [4.78, 5) is 10.7. The Labute approximate surface area is 115 Å². The molecule has 1 aromatic rings. The van der Waals surface area contributed by atoms with E-state index in [0.717, 1.165) is 0 Å². The van der Waals surface area contributed by atoms with Crippen molar-refractivity contribution in [2.75, 3.05) is 5.32 Å². The van der Waals surface area contributed by atoms with Gasteiger partial charge in [-0.1, -0.05) is 0 Å². The molecule has 7 heteroatoms. The van der Waals surface area contributed by atoms with E-state index in [9.17, 15) is 4.79 Å². The third-order valence-electron chi connectivity index (χ3n) is 1.44. The number of carbonyl (C=O) groups excluding carboxylic acids is 1. The number of rotatable bonds is 3. The fraction of sp³-hybridized carbons (Fsp3) is 0.111. The number of nitrogens with zero attached hydrogens (tertiary/aromatic N) is 4. The van der Waals surface area contributed by atoms with Gasteiger partial charge in [-0.05, 0) is 24.3 Å². The zero-order valence-electron chi connectivity index (χ0n) is 9.01. The van der Waals surface area contributed by atoms with Crippen LogP contribution in [0.3, 0.4) is 0 Å². The summed E-state index contributed by atoms with van der Waals surface area (Å²) in [6.07, 6.45) is 1.48. The van der Waals surface area contributed by atoms with Gasteiger partial charge in [0.1, 0.15) is 0 Å². The maximum atomic E-state index is 10.7. The third kappa shape index (κ3) is 5.46. The van der Waals surface area contributed by atoms with Gasteiger partial charge in [-0.3, -0.25) is 9.91 Å². The van der Waals surface area contributed by atoms with E-state index in [2.05, 4.69) is 21.1 Å². The molecular weight excluding hydrogens is 217 g/mol. The van der Waals surface area contributed by atoms with Gasteiger partial charge in [0, 0.05) is 24.5 Å². The number of amides is 1. The molecule has 0 aliphatic rings. The number of anilines is 1. The molecule has 0 saturated heterocycles. The van der Waals surface area contributed by atoms with Gasteiger partial charge >= 0.3 is 29.6 Å². The molecule has 16 heavy (non-hydrogen) atoms. The Morgan fingerprint density at radius 2 is 2.06 bits per heavy atom. The molecule has 0 heterocycles. The summed E-state index contributed by atoms with van der Waals surface area (Å²) in [5, 5.41) is 17.6. The van der Waals surface area contributed by atoms with Crippen molar-refractivity contribution >= 4 is 17.3 Å². The molecule has 0 aliphatic carbocycles. The summed E-state index contributed by atoms with van der Waals surface area (Å²) >= 11 is 0. The number of benzene rings is 1. The first-order valence-corrected chi connectivity index (χ1v) is 4.10. The van der Waals surface area contributed by atoms with Crippen molar-refractivity contribution < 1.29 is 34.4 Å². The number of hydrogen-bond acceptors (Lipinski definition) is 4. The third-order valence-corrected chi connectivity index (χ3v) is 1.44. The summed E-state index contributed by atoms with van der Waals surface area (Å²) in [5.41, 5.74) is 4.27. The fourth-order valence-corrected chi connectivity index (χ4v) is 0.909. The van der Waals surface area contributed by atoms with E-state index in [1.807, 2.05) is 0 Å². The van der Waals surface area contributed by atoms with Gasteiger partial charge in [0.2, 0.25) is 5.91 Å². The predicted molar refractivity (Wildman–Crippen MR) is 54.2 cm³/mol. The molecule has 0 saturated carbocycles. The molecule has 0 spiro atoms. The number of nitriles is 1. The first-order valence-electron chi connectivity index (χ1n) is 4.10. The summed E-state index contributed by atoms with van der Waals surface area (Å²) < 4.78 is 0. The largest absolute Gasteiger partial charge is 1.00 e. The maximum absolute atomic E-state index is 10.7. The summed E-state index contributed by atoms with van der Waals surface area (Å²) in [7, 11) is 0. The molecule has 0 radical (unpaired) electrons. The molecule has 6 nitrogen and oxygen atoms in total. The van der Waals surface area contributed by atoms with Crippen molar-refractivity contribution in [2.24, 2.45) is 10.3 Å². The Morgan fingerprint density at radius 1 is 1.44 bits per heavy atom. The SMILES string of the molecule is CC(=O)Nc1ccc(N=N[N-]C#N)cc1.[Na+]. The molecule has 0 atom stereocenters. The van der Waals surface area contributed by atoms with Gasteiger partial charge in [0.25, 0.3) is 0 Å². The Kier molecular flexibility index (Phi) is 7.12. The first-order chi connectivity index (χ1) is 7.22. The van der Waals surface area contributed by atoms with Crippen LogP contribution in [0, 0.1) is 11.5 Å². The van der Waals surface area contributed by atoms with E-state index in [-0.39, 0.29) is 35.5 Å². The van der Waals surface area contributed by atoms with Crippen LogP contribution in [0.2, 0.25) is 0 Å². The van der Waals surface area contributed by atoms with Crippen LogP contribution in [0.5, 0.6) is 0 Å². The second kappa shape index (κ2) is 7.82. The van der Waals surface area contributed by atoms with Crippen LogP contribution in [-0.4, -0.2) is 5.91 Å². The van der Waals surface area contributed by atoms with Gasteiger partial charge in [-0.15, -0.1) is 0 Å². The minimum absolute atomic E-state index is 0. The summed E-state index contributed by atoms with van der Waals surface area (Å²) in [5.74, 6) is -0.135. The van der Waals surface area contributed by atoms with Crippen molar-refractivity contribution in [2.45, 2.75) is 6.92 Å². The Bertz CT molecular complexity index is 409. The zero-order valence-corrected chi connectivity index (χ0v) is 11.0. The molecule has 0 unspecified atom stereocenters. The van der Waals surface area contributed by atoms with E-state index < -0.39 is 0 Å². The van der Waals surface area contributed by atoms with Crippen molar-refractivity contribution in [3.05, 3.63) is 29.7 Å². The van der Waals surface area contributed by atoms with E-state index in [4.69, 9.17) is 5.26 Å². The molecule has 0 fully saturated rings. The minimum Gasteiger partial charge on any atom is -0.384 e. The minimum atomic E-state index is -0.135. The molecule has 1 amide bonds. The molecule has 0 bridgehead atoms. The van der Waals surface area contributed by atoms with Gasteiger partial charge in [0.15, 0.2) is 0 Å². The van der Waals surface area contributed by atoms with Crippen LogP contribution >= 0.6 is 0 Å². The van der Waals surface area contributed by atoms with Crippen molar-refractivity contribution in [3.8, 4) is 6.19 Å². The van der Waals surface area contributed by atoms with Crippen molar-refractivity contribution in [1.82, 2.24) is 0 Å². The molecule has 1 rings (SSSR count). The van der Waals surface area contributed by atoms with Crippen molar-refractivity contribution in [3.63, 3.8) is 0 Å². The second-order valence-corrected chi connectivity index (χ2v) is 2.62. The molecular formula is C9H8N5NaO. The quantitative estimate of drug-likeness (QED) is 0.325.